The third-order valence-corrected chi connectivity index (χ3v) is 5.56. The number of nitrogens with two attached hydrogens (primary N) is 1. The number of nitrogens with one attached hydrogen (secondary N) is 1. The van der Waals surface area contributed by atoms with Crippen molar-refractivity contribution in [1.82, 2.24) is 0 Å². The Morgan fingerprint density at radius 3 is 2.43 bits per heavy atom. The number of hydrogen-bond donors (Lipinski definition) is 2. The highest BCUT2D eigenvalue weighted by Crippen LogP contribution is 2.37. The minimum atomic E-state index is -0.714. The van der Waals surface area contributed by atoms with Crippen LogP contribution >= 0.6 is 46.4 Å². The van der Waals surface area contributed by atoms with E-state index in [1.54, 1.807) is 6.07 Å². The molecule has 1 aromatic carbocycles. The van der Waals surface area contributed by atoms with Crippen LogP contribution in [0.3, 0.4) is 0 Å². The largest absolute Gasteiger partial charge is 0.392 e. The Labute approximate surface area is 149 Å². The summed E-state index contributed by atoms with van der Waals surface area (Å²) in [5.74, 6) is -0.0860. The molecule has 0 bridgehead atoms. The van der Waals surface area contributed by atoms with Crippen molar-refractivity contribution in [1.29, 1.82) is 0 Å². The molecule has 0 spiro atoms. The summed E-state index contributed by atoms with van der Waals surface area (Å²) in [5, 5.41) is 3.63. The topological polar surface area (TPSA) is 55.1 Å². The molecule has 114 valence electrons. The van der Waals surface area contributed by atoms with E-state index in [-0.39, 0.29) is 5.91 Å². The highest BCUT2D eigenvalue weighted by Gasteiger charge is 2.41. The van der Waals surface area contributed by atoms with Crippen molar-refractivity contribution in [3.63, 3.8) is 0 Å². The third-order valence-electron chi connectivity index (χ3n) is 4.04. The molecule has 1 aliphatic rings. The third kappa shape index (κ3) is 3.87. The standard InChI is InChI=1S/C15H18ClIN2OS/c16-10-5-6-12(11(17)9-10)19-14(20)15(13(18)21)7-3-1-2-4-8-15/h5-6,9H,1-4,7-8H2,(H2,18,21)(H,19,20). The number of rotatable bonds is 3. The molecule has 0 unspecified atom stereocenters. The first-order valence-corrected chi connectivity index (χ1v) is 8.88. The predicted octanol–water partition coefficient (Wildman–Crippen LogP) is 4.51. The van der Waals surface area contributed by atoms with E-state index < -0.39 is 5.41 Å². The Kier molecular flexibility index (Phi) is 5.85. The number of amides is 1. The summed E-state index contributed by atoms with van der Waals surface area (Å²) in [6, 6.07) is 5.39. The summed E-state index contributed by atoms with van der Waals surface area (Å²) in [7, 11) is 0. The molecule has 1 aromatic rings. The van der Waals surface area contributed by atoms with Gasteiger partial charge in [-0.3, -0.25) is 4.79 Å². The van der Waals surface area contributed by atoms with Crippen LogP contribution in [0.1, 0.15) is 38.5 Å². The van der Waals surface area contributed by atoms with Crippen LogP contribution in [-0.4, -0.2) is 10.9 Å². The second-order valence-corrected chi connectivity index (χ2v) is 7.48. The Bertz CT molecular complexity index is 557. The minimum Gasteiger partial charge on any atom is -0.392 e. The Morgan fingerprint density at radius 2 is 1.90 bits per heavy atom. The van der Waals surface area contributed by atoms with E-state index in [4.69, 9.17) is 29.6 Å². The predicted molar refractivity (Wildman–Crippen MR) is 99.7 cm³/mol. The van der Waals surface area contributed by atoms with Crippen LogP contribution in [0.25, 0.3) is 0 Å². The minimum absolute atomic E-state index is 0.0860. The van der Waals surface area contributed by atoms with Crippen LogP contribution in [0.15, 0.2) is 18.2 Å². The zero-order chi connectivity index (χ0) is 15.5. The fourth-order valence-electron chi connectivity index (χ4n) is 2.75. The van der Waals surface area contributed by atoms with Crippen LogP contribution in [0.5, 0.6) is 0 Å². The molecule has 0 saturated heterocycles. The van der Waals surface area contributed by atoms with Gasteiger partial charge in [0, 0.05) is 8.59 Å². The van der Waals surface area contributed by atoms with Crippen molar-refractivity contribution in [3.8, 4) is 0 Å². The van der Waals surface area contributed by atoms with E-state index in [1.165, 1.54) is 0 Å². The average molecular weight is 437 g/mol. The normalized spacial score (nSPS) is 17.8. The summed E-state index contributed by atoms with van der Waals surface area (Å²) in [4.78, 5) is 13.1. The molecule has 0 aliphatic heterocycles. The SMILES string of the molecule is NC(=S)C1(C(=O)Nc2ccc(Cl)cc2I)CCCCCC1. The molecule has 0 aromatic heterocycles. The zero-order valence-electron chi connectivity index (χ0n) is 11.6. The lowest BCUT2D eigenvalue weighted by atomic mass is 9.79. The summed E-state index contributed by atoms with van der Waals surface area (Å²) >= 11 is 13.3. The summed E-state index contributed by atoms with van der Waals surface area (Å²) < 4.78 is 0.903. The lowest BCUT2D eigenvalue weighted by Crippen LogP contribution is -2.45. The van der Waals surface area contributed by atoms with Gasteiger partial charge in [-0.25, -0.2) is 0 Å². The molecule has 3 nitrogen and oxygen atoms in total. The second kappa shape index (κ2) is 7.24. The van der Waals surface area contributed by atoms with E-state index in [9.17, 15) is 4.79 Å². The van der Waals surface area contributed by atoms with E-state index in [2.05, 4.69) is 27.9 Å². The van der Waals surface area contributed by atoms with Crippen LogP contribution in [-0.2, 0) is 4.79 Å². The average Bonchev–Trinajstić information content (AvgIpc) is 2.68. The maximum Gasteiger partial charge on any atom is 0.237 e. The van der Waals surface area contributed by atoms with Crippen LogP contribution in [0.2, 0.25) is 5.02 Å². The smallest absolute Gasteiger partial charge is 0.237 e. The van der Waals surface area contributed by atoms with Gasteiger partial charge in [-0.05, 0) is 53.6 Å². The molecule has 1 saturated carbocycles. The Hall–Kier alpha value is -0.400. The number of halogens is 2. The molecule has 0 radical (unpaired) electrons. The van der Waals surface area contributed by atoms with E-state index in [0.29, 0.717) is 10.0 Å². The number of thiocarbonyl (C=S) groups is 1. The van der Waals surface area contributed by atoms with Gasteiger partial charge in [0.2, 0.25) is 5.91 Å². The van der Waals surface area contributed by atoms with Gasteiger partial charge in [0.15, 0.2) is 0 Å². The van der Waals surface area contributed by atoms with Gasteiger partial charge in [0.1, 0.15) is 0 Å². The van der Waals surface area contributed by atoms with Crippen molar-refractivity contribution in [2.75, 3.05) is 5.32 Å². The quantitative estimate of drug-likeness (QED) is 0.416. The van der Waals surface area contributed by atoms with Crippen LogP contribution < -0.4 is 11.1 Å². The molecule has 1 fully saturated rings. The summed E-state index contributed by atoms with van der Waals surface area (Å²) in [5.41, 5.74) is 5.98. The fourth-order valence-corrected chi connectivity index (χ4v) is 4.05. The van der Waals surface area contributed by atoms with Crippen molar-refractivity contribution in [2.24, 2.45) is 11.1 Å². The van der Waals surface area contributed by atoms with Gasteiger partial charge < -0.3 is 11.1 Å². The number of carbonyl (C=O) groups is 1. The lowest BCUT2D eigenvalue weighted by Gasteiger charge is -2.30. The van der Waals surface area contributed by atoms with Gasteiger partial charge in [0.05, 0.1) is 16.1 Å². The first-order chi connectivity index (χ1) is 9.95. The van der Waals surface area contributed by atoms with E-state index in [0.717, 1.165) is 47.8 Å². The molecule has 1 aliphatic carbocycles. The molecule has 0 atom stereocenters. The number of benzene rings is 1. The Balaban J connectivity index is 2.24. The maximum atomic E-state index is 12.8. The highest BCUT2D eigenvalue weighted by atomic mass is 127. The van der Waals surface area contributed by atoms with E-state index in [1.807, 2.05) is 12.1 Å². The van der Waals surface area contributed by atoms with Crippen molar-refractivity contribution < 1.29 is 4.79 Å². The molecular formula is C15H18ClIN2OS. The van der Waals surface area contributed by atoms with Gasteiger partial charge in [-0.1, -0.05) is 49.5 Å². The number of hydrogen-bond acceptors (Lipinski definition) is 2. The zero-order valence-corrected chi connectivity index (χ0v) is 15.4. The Morgan fingerprint density at radius 1 is 1.29 bits per heavy atom. The molecule has 1 amide bonds. The number of carbonyl (C=O) groups excluding carboxylic acids is 1. The van der Waals surface area contributed by atoms with Crippen LogP contribution in [0, 0.1) is 8.99 Å². The van der Waals surface area contributed by atoms with E-state index >= 15 is 0 Å². The molecule has 2 rings (SSSR count). The molecular weight excluding hydrogens is 419 g/mol. The lowest BCUT2D eigenvalue weighted by molar-refractivity contribution is -0.122. The first-order valence-electron chi connectivity index (χ1n) is 7.02. The van der Waals surface area contributed by atoms with Gasteiger partial charge in [-0.15, -0.1) is 0 Å². The monoisotopic (exact) mass is 436 g/mol. The van der Waals surface area contributed by atoms with Crippen molar-refractivity contribution in [2.45, 2.75) is 38.5 Å². The number of anilines is 1. The maximum absolute atomic E-state index is 12.8. The molecule has 6 heteroatoms. The van der Waals surface area contributed by atoms with Crippen molar-refractivity contribution in [3.05, 3.63) is 26.8 Å². The molecule has 21 heavy (non-hydrogen) atoms. The fraction of sp³-hybridized carbons (Fsp3) is 0.467. The van der Waals surface area contributed by atoms with Gasteiger partial charge >= 0.3 is 0 Å². The van der Waals surface area contributed by atoms with Gasteiger partial charge in [-0.2, -0.15) is 0 Å². The first kappa shape index (κ1) is 17.0. The molecule has 3 N–H and O–H groups in total. The molecule has 0 heterocycles. The summed E-state index contributed by atoms with van der Waals surface area (Å²) in [6.07, 6.45) is 5.72. The summed E-state index contributed by atoms with van der Waals surface area (Å²) in [6.45, 7) is 0. The van der Waals surface area contributed by atoms with Gasteiger partial charge in [0.25, 0.3) is 0 Å². The van der Waals surface area contributed by atoms with Crippen molar-refractivity contribution >= 4 is 63.0 Å². The highest BCUT2D eigenvalue weighted by molar-refractivity contribution is 14.1. The van der Waals surface area contributed by atoms with Crippen LogP contribution in [0.4, 0.5) is 5.69 Å². The second-order valence-electron chi connectivity index (χ2n) is 5.44.